The summed E-state index contributed by atoms with van der Waals surface area (Å²) in [5.74, 6) is 0.731. The van der Waals surface area contributed by atoms with Gasteiger partial charge in [-0.05, 0) is 86.3 Å². The van der Waals surface area contributed by atoms with Crippen LogP contribution < -0.4 is 0 Å². The number of fused-ring (bicyclic) bond motifs is 3. The maximum atomic E-state index is 9.09. The molecule has 7 aromatic rings. The maximum absolute atomic E-state index is 9.09. The molecule has 3 heteroatoms. The van der Waals surface area contributed by atoms with Crippen LogP contribution in [0.1, 0.15) is 5.56 Å². The largest absolute Gasteiger partial charge is 0.236 e. The fourth-order valence-electron chi connectivity index (χ4n) is 5.11. The van der Waals surface area contributed by atoms with Crippen molar-refractivity contribution in [1.29, 1.82) is 5.26 Å². The van der Waals surface area contributed by atoms with E-state index in [0.717, 1.165) is 55.3 Å². The molecule has 0 N–H and O–H groups in total. The summed E-state index contributed by atoms with van der Waals surface area (Å²) in [6, 6.07) is 44.0. The third kappa shape index (κ3) is 3.86. The average molecular weight is 484 g/mol. The van der Waals surface area contributed by atoms with Crippen molar-refractivity contribution in [2.24, 2.45) is 0 Å². The number of hydrogen-bond acceptors (Lipinski definition) is 3. The van der Waals surface area contributed by atoms with E-state index in [1.54, 1.807) is 0 Å². The van der Waals surface area contributed by atoms with E-state index >= 15 is 0 Å². The van der Waals surface area contributed by atoms with Crippen molar-refractivity contribution >= 4 is 32.4 Å². The molecule has 7 rings (SSSR count). The summed E-state index contributed by atoms with van der Waals surface area (Å²) in [5, 5.41) is 14.8. The van der Waals surface area contributed by atoms with Crippen LogP contribution in [0.15, 0.2) is 128 Å². The molecule has 3 nitrogen and oxygen atoms in total. The van der Waals surface area contributed by atoms with Gasteiger partial charge in [0.15, 0.2) is 5.82 Å². The van der Waals surface area contributed by atoms with Crippen LogP contribution in [0.5, 0.6) is 0 Å². The molecule has 6 aromatic carbocycles. The lowest BCUT2D eigenvalue weighted by molar-refractivity contribution is 1.23. The highest BCUT2D eigenvalue weighted by Gasteiger charge is 2.12. The van der Waals surface area contributed by atoms with Gasteiger partial charge < -0.3 is 0 Å². The Kier molecular flexibility index (Phi) is 5.17. The summed E-state index contributed by atoms with van der Waals surface area (Å²) in [5.41, 5.74) is 7.16. The van der Waals surface area contributed by atoms with Crippen molar-refractivity contribution < 1.29 is 0 Å². The van der Waals surface area contributed by atoms with Crippen molar-refractivity contribution in [2.45, 2.75) is 0 Å². The lowest BCUT2D eigenvalue weighted by Gasteiger charge is -2.12. The maximum Gasteiger partial charge on any atom is 0.160 e. The second-order valence-electron chi connectivity index (χ2n) is 9.46. The molecule has 0 saturated carbocycles. The van der Waals surface area contributed by atoms with Gasteiger partial charge in [0, 0.05) is 17.1 Å². The van der Waals surface area contributed by atoms with Gasteiger partial charge in [-0.1, -0.05) is 78.9 Å². The van der Waals surface area contributed by atoms with E-state index in [0.29, 0.717) is 5.56 Å². The zero-order chi connectivity index (χ0) is 25.5. The van der Waals surface area contributed by atoms with E-state index in [9.17, 15) is 0 Å². The second kappa shape index (κ2) is 8.96. The monoisotopic (exact) mass is 483 g/mol. The number of hydrogen-bond donors (Lipinski definition) is 0. The molecular formula is C35H21N3. The average Bonchev–Trinajstić information content (AvgIpc) is 2.99. The molecule has 1 heterocycles. The lowest BCUT2D eigenvalue weighted by Crippen LogP contribution is -1.92. The van der Waals surface area contributed by atoms with Crippen LogP contribution in [0.25, 0.3) is 66.1 Å². The number of nitrogens with zero attached hydrogens (tertiary/aromatic N) is 3. The fourth-order valence-corrected chi connectivity index (χ4v) is 5.11. The van der Waals surface area contributed by atoms with Crippen LogP contribution in [0.4, 0.5) is 0 Å². The molecule has 0 fully saturated rings. The highest BCUT2D eigenvalue weighted by Crippen LogP contribution is 2.35. The van der Waals surface area contributed by atoms with Gasteiger partial charge in [-0.2, -0.15) is 5.26 Å². The van der Waals surface area contributed by atoms with Crippen molar-refractivity contribution in [3.05, 3.63) is 133 Å². The lowest BCUT2D eigenvalue weighted by atomic mass is 9.94. The van der Waals surface area contributed by atoms with Crippen LogP contribution in [0.2, 0.25) is 0 Å². The van der Waals surface area contributed by atoms with E-state index in [4.69, 9.17) is 15.2 Å². The molecule has 0 aliphatic heterocycles. The molecule has 0 unspecified atom stereocenters. The Morgan fingerprint density at radius 2 is 1.16 bits per heavy atom. The molecule has 0 spiro atoms. The molecule has 0 aliphatic rings. The van der Waals surface area contributed by atoms with Gasteiger partial charge in [0.1, 0.15) is 0 Å². The van der Waals surface area contributed by atoms with Gasteiger partial charge in [0.05, 0.1) is 17.1 Å². The molecule has 0 radical (unpaired) electrons. The summed E-state index contributed by atoms with van der Waals surface area (Å²) >= 11 is 0. The predicted octanol–water partition coefficient (Wildman–Crippen LogP) is 8.81. The summed E-state index contributed by atoms with van der Waals surface area (Å²) in [7, 11) is 0. The Balaban J connectivity index is 1.34. The van der Waals surface area contributed by atoms with E-state index in [1.807, 2.05) is 54.7 Å². The van der Waals surface area contributed by atoms with Crippen molar-refractivity contribution in [1.82, 2.24) is 9.97 Å². The van der Waals surface area contributed by atoms with Crippen molar-refractivity contribution in [3.8, 4) is 39.7 Å². The van der Waals surface area contributed by atoms with E-state index < -0.39 is 0 Å². The Morgan fingerprint density at radius 3 is 1.92 bits per heavy atom. The molecule has 0 bridgehead atoms. The molecule has 0 atom stereocenters. The minimum absolute atomic E-state index is 0.669. The summed E-state index contributed by atoms with van der Waals surface area (Å²) < 4.78 is 0. The summed E-state index contributed by atoms with van der Waals surface area (Å²) in [6.07, 6.45) is 1.90. The summed E-state index contributed by atoms with van der Waals surface area (Å²) in [6.45, 7) is 0. The number of aromatic nitrogens is 2. The number of para-hydroxylation sites is 1. The topological polar surface area (TPSA) is 49.6 Å². The van der Waals surface area contributed by atoms with Gasteiger partial charge in [0.2, 0.25) is 0 Å². The second-order valence-corrected chi connectivity index (χ2v) is 9.46. The predicted molar refractivity (Wildman–Crippen MR) is 156 cm³/mol. The Bertz CT molecular complexity index is 2030. The zero-order valence-electron chi connectivity index (χ0n) is 20.5. The highest BCUT2D eigenvalue weighted by atomic mass is 14.9. The van der Waals surface area contributed by atoms with Gasteiger partial charge in [-0.3, -0.25) is 0 Å². The van der Waals surface area contributed by atoms with E-state index in [-0.39, 0.29) is 0 Å². The number of rotatable bonds is 3. The van der Waals surface area contributed by atoms with Crippen molar-refractivity contribution in [3.63, 3.8) is 0 Å². The van der Waals surface area contributed by atoms with Gasteiger partial charge in [-0.15, -0.1) is 0 Å². The van der Waals surface area contributed by atoms with Crippen LogP contribution in [0.3, 0.4) is 0 Å². The molecule has 0 saturated heterocycles. The third-order valence-electron chi connectivity index (χ3n) is 7.11. The standard InChI is InChI=1S/C35H21N3/c36-21-23-9-11-24(12-10-23)25-13-14-27-18-28(16-15-26(27)17-25)31-19-29-5-1-3-7-32(29)33(20-31)35-37-22-30-6-2-4-8-34(30)38-35/h1-20,22H. The Labute approximate surface area is 220 Å². The molecular weight excluding hydrogens is 462 g/mol. The first-order valence-electron chi connectivity index (χ1n) is 12.5. The molecule has 1 aromatic heterocycles. The van der Waals surface area contributed by atoms with Gasteiger partial charge >= 0.3 is 0 Å². The van der Waals surface area contributed by atoms with Crippen LogP contribution in [0, 0.1) is 11.3 Å². The first-order valence-corrected chi connectivity index (χ1v) is 12.5. The quantitative estimate of drug-likeness (QED) is 0.252. The van der Waals surface area contributed by atoms with Gasteiger partial charge in [-0.25, -0.2) is 9.97 Å². The van der Waals surface area contributed by atoms with Crippen LogP contribution in [-0.4, -0.2) is 9.97 Å². The highest BCUT2D eigenvalue weighted by molar-refractivity contribution is 6.00. The van der Waals surface area contributed by atoms with Gasteiger partial charge in [0.25, 0.3) is 0 Å². The number of nitriles is 1. The van der Waals surface area contributed by atoms with Crippen molar-refractivity contribution in [2.75, 3.05) is 0 Å². The Hall–Kier alpha value is -5.33. The smallest absolute Gasteiger partial charge is 0.160 e. The minimum Gasteiger partial charge on any atom is -0.236 e. The zero-order valence-corrected chi connectivity index (χ0v) is 20.5. The van der Waals surface area contributed by atoms with Crippen LogP contribution >= 0.6 is 0 Å². The molecule has 0 amide bonds. The van der Waals surface area contributed by atoms with E-state index in [1.165, 1.54) is 10.8 Å². The normalized spacial score (nSPS) is 11.1. The first-order chi connectivity index (χ1) is 18.7. The van der Waals surface area contributed by atoms with Crippen LogP contribution in [-0.2, 0) is 0 Å². The minimum atomic E-state index is 0.669. The first kappa shape index (κ1) is 21.9. The third-order valence-corrected chi connectivity index (χ3v) is 7.11. The molecule has 38 heavy (non-hydrogen) atoms. The fraction of sp³-hybridized carbons (Fsp3) is 0. The summed E-state index contributed by atoms with van der Waals surface area (Å²) in [4.78, 5) is 9.63. The number of benzene rings is 6. The Morgan fingerprint density at radius 1 is 0.526 bits per heavy atom. The molecule has 176 valence electrons. The molecule has 0 aliphatic carbocycles. The SMILES string of the molecule is N#Cc1ccc(-c2ccc3cc(-c4cc(-c5ncc6ccccc6n5)c5ccccc5c4)ccc3c2)cc1. The van der Waals surface area contributed by atoms with E-state index in [2.05, 4.69) is 78.9 Å².